The number of esters is 2. The van der Waals surface area contributed by atoms with E-state index >= 15 is 0 Å². The molecule has 0 saturated heterocycles. The highest BCUT2D eigenvalue weighted by Gasteiger charge is 2.12. The lowest BCUT2D eigenvalue weighted by Gasteiger charge is -2.12. The third-order valence-corrected chi connectivity index (χ3v) is 10.1. The maximum Gasteiger partial charge on any atom is 0.306 e. The van der Waals surface area contributed by atoms with E-state index in [9.17, 15) is 19.8 Å². The summed E-state index contributed by atoms with van der Waals surface area (Å²) in [5, 5.41) is 19.9. The molecule has 0 aromatic heterocycles. The maximum absolute atomic E-state index is 12.0. The van der Waals surface area contributed by atoms with Gasteiger partial charge in [-0.3, -0.25) is 9.59 Å². The van der Waals surface area contributed by atoms with E-state index in [1.165, 1.54) is 109 Å². The fraction of sp³-hybridized carbons (Fsp3) is 0.720. The summed E-state index contributed by atoms with van der Waals surface area (Å²) < 4.78 is 10.3. The molecule has 0 heterocycles. The third-order valence-electron chi connectivity index (χ3n) is 10.1. The summed E-state index contributed by atoms with van der Waals surface area (Å²) in [6.07, 6.45) is 54.5. The molecule has 6 nitrogen and oxygen atoms in total. The molecule has 0 saturated carbocycles. The molecule has 322 valence electrons. The van der Waals surface area contributed by atoms with Crippen LogP contribution in [0.5, 0.6) is 0 Å². The predicted octanol–water partition coefficient (Wildman–Crippen LogP) is 13.7. The second-order valence-corrected chi connectivity index (χ2v) is 15.6. The van der Waals surface area contributed by atoms with Crippen molar-refractivity contribution in [1.29, 1.82) is 0 Å². The van der Waals surface area contributed by atoms with Gasteiger partial charge in [-0.25, -0.2) is 0 Å². The van der Waals surface area contributed by atoms with Crippen LogP contribution in [0.25, 0.3) is 0 Å². The highest BCUT2D eigenvalue weighted by atomic mass is 16.6. The van der Waals surface area contributed by atoms with E-state index in [1.54, 1.807) is 6.08 Å². The summed E-state index contributed by atoms with van der Waals surface area (Å²) >= 11 is 0. The van der Waals surface area contributed by atoms with Crippen LogP contribution in [0.15, 0.2) is 72.9 Å². The summed E-state index contributed by atoms with van der Waals surface area (Å²) in [5.74, 6) is 0.231. The zero-order chi connectivity index (χ0) is 41.0. The number of ether oxygens (including phenoxy) is 2. The van der Waals surface area contributed by atoms with E-state index < -0.39 is 12.2 Å². The van der Waals surface area contributed by atoms with Gasteiger partial charge in [-0.1, -0.05) is 216 Å². The molecular weight excluding hydrogens is 697 g/mol. The molecule has 0 rings (SSSR count). The average Bonchev–Trinajstić information content (AvgIpc) is 3.19. The normalized spacial score (nSPS) is 14.0. The maximum atomic E-state index is 12.0. The van der Waals surface area contributed by atoms with Gasteiger partial charge in [0, 0.05) is 12.8 Å². The Kier molecular flexibility index (Phi) is 41.3. The van der Waals surface area contributed by atoms with Gasteiger partial charge in [0.15, 0.2) is 0 Å². The fourth-order valence-corrected chi connectivity index (χ4v) is 6.23. The molecule has 0 spiro atoms. The van der Waals surface area contributed by atoms with Crippen LogP contribution in [0.4, 0.5) is 0 Å². The third kappa shape index (κ3) is 42.4. The summed E-state index contributed by atoms with van der Waals surface area (Å²) in [5.41, 5.74) is 0. The van der Waals surface area contributed by atoms with Crippen LogP contribution in [-0.2, 0) is 19.1 Å². The zero-order valence-corrected chi connectivity index (χ0v) is 36.4. The van der Waals surface area contributed by atoms with Crippen LogP contribution in [0.1, 0.15) is 201 Å². The molecule has 0 amide bonds. The number of carbonyl (C=O) groups is 2. The Labute approximate surface area is 345 Å². The molecule has 0 fully saturated rings. The Hall–Kier alpha value is -2.70. The minimum atomic E-state index is -1.01. The van der Waals surface area contributed by atoms with E-state index in [4.69, 9.17) is 9.47 Å². The first kappa shape index (κ1) is 53.3. The van der Waals surface area contributed by atoms with Crippen molar-refractivity contribution in [2.75, 3.05) is 13.2 Å². The number of hydrogen-bond acceptors (Lipinski definition) is 6. The molecular formula is C50H86O6. The minimum Gasteiger partial charge on any atom is -0.463 e. The second kappa shape index (κ2) is 43.4. The van der Waals surface area contributed by atoms with E-state index in [-0.39, 0.29) is 31.6 Å². The lowest BCUT2D eigenvalue weighted by Crippen LogP contribution is -2.25. The van der Waals surface area contributed by atoms with Crippen molar-refractivity contribution in [3.05, 3.63) is 72.9 Å². The topological polar surface area (TPSA) is 93.1 Å². The number of aliphatic hydroxyl groups is 2. The molecule has 6 heteroatoms. The number of unbranched alkanes of at least 4 members (excludes halogenated alkanes) is 17. The fourth-order valence-electron chi connectivity index (χ4n) is 6.23. The first-order valence-electron chi connectivity index (χ1n) is 23.0. The summed E-state index contributed by atoms with van der Waals surface area (Å²) in [6, 6.07) is 0. The highest BCUT2D eigenvalue weighted by Crippen LogP contribution is 2.17. The van der Waals surface area contributed by atoms with Crippen molar-refractivity contribution in [2.24, 2.45) is 5.92 Å². The van der Waals surface area contributed by atoms with Crippen LogP contribution in [0.3, 0.4) is 0 Å². The largest absolute Gasteiger partial charge is 0.463 e. The van der Waals surface area contributed by atoms with Gasteiger partial charge in [0.25, 0.3) is 0 Å². The molecule has 3 atom stereocenters. The van der Waals surface area contributed by atoms with Crippen molar-refractivity contribution < 1.29 is 29.3 Å². The van der Waals surface area contributed by atoms with Gasteiger partial charge in [0.1, 0.15) is 19.3 Å². The molecule has 2 unspecified atom stereocenters. The predicted molar refractivity (Wildman–Crippen MR) is 239 cm³/mol. The molecule has 0 bridgehead atoms. The van der Waals surface area contributed by atoms with Crippen LogP contribution in [-0.4, -0.2) is 47.6 Å². The van der Waals surface area contributed by atoms with Crippen LogP contribution >= 0.6 is 0 Å². The number of aliphatic hydroxyl groups excluding tert-OH is 2. The Morgan fingerprint density at radius 1 is 0.518 bits per heavy atom. The van der Waals surface area contributed by atoms with Crippen molar-refractivity contribution in [3.8, 4) is 0 Å². The Morgan fingerprint density at radius 2 is 0.964 bits per heavy atom. The van der Waals surface area contributed by atoms with Crippen molar-refractivity contribution >= 4 is 11.9 Å². The lowest BCUT2D eigenvalue weighted by molar-refractivity contribution is -0.152. The first-order valence-corrected chi connectivity index (χ1v) is 23.0. The van der Waals surface area contributed by atoms with Crippen molar-refractivity contribution in [1.82, 2.24) is 0 Å². The second-order valence-electron chi connectivity index (χ2n) is 15.6. The molecule has 0 aliphatic heterocycles. The monoisotopic (exact) mass is 783 g/mol. The quantitative estimate of drug-likeness (QED) is 0.0278. The van der Waals surface area contributed by atoms with E-state index in [0.29, 0.717) is 19.3 Å². The smallest absolute Gasteiger partial charge is 0.306 e. The van der Waals surface area contributed by atoms with Crippen molar-refractivity contribution in [2.45, 2.75) is 213 Å². The van der Waals surface area contributed by atoms with Gasteiger partial charge in [-0.2, -0.15) is 0 Å². The molecule has 56 heavy (non-hydrogen) atoms. The van der Waals surface area contributed by atoms with E-state index in [0.717, 1.165) is 50.9 Å². The van der Waals surface area contributed by atoms with Gasteiger partial charge in [0.05, 0.1) is 6.10 Å². The molecule has 2 N–H and O–H groups in total. The lowest BCUT2D eigenvalue weighted by atomic mass is 9.99. The summed E-state index contributed by atoms with van der Waals surface area (Å²) in [4.78, 5) is 24.0. The standard InChI is InChI=1S/C50H86O6/c1-4-6-34-40-47(51)41-36-31-27-23-19-15-13-17-21-25-29-33-38-43-50(54)56-45-48(52)44-55-49(53)42-37-32-28-24-20-16-12-10-8-7-9-11-14-18-22-26-30-35-39-46(3)5-2/h6,15,17,19,21,27,29,31,33-34,36,41,46-48,51-52H,4-5,7-14,16,18,20,22-26,28,30,32,35,37-40,42-45H2,1-3H3/b19-15-,21-17-,31-27+,33-29-,34-6-,41-36+/t46?,47?,48-/m1/s1. The van der Waals surface area contributed by atoms with Gasteiger partial charge < -0.3 is 19.7 Å². The molecule has 0 aliphatic rings. The average molecular weight is 783 g/mol. The number of rotatable bonds is 40. The van der Waals surface area contributed by atoms with Crippen LogP contribution in [0, 0.1) is 5.92 Å². The number of allylic oxidation sites excluding steroid dienone is 10. The van der Waals surface area contributed by atoms with Gasteiger partial charge in [-0.15, -0.1) is 0 Å². The van der Waals surface area contributed by atoms with Crippen molar-refractivity contribution in [3.63, 3.8) is 0 Å². The minimum absolute atomic E-state index is 0.150. The SMILES string of the molecule is CC/C=C\CC(O)/C=C/C=C/C/C=C\C/C=C\C/C=C\CCC(=O)OC[C@H](O)COC(=O)CCCCCCCCCCCCCCCCCCCCC(C)CC. The number of hydrogen-bond donors (Lipinski definition) is 2. The van der Waals surface area contributed by atoms with Crippen LogP contribution in [0.2, 0.25) is 0 Å². The Bertz CT molecular complexity index is 1050. The zero-order valence-electron chi connectivity index (χ0n) is 36.4. The molecule has 0 aromatic rings. The van der Waals surface area contributed by atoms with Crippen LogP contribution < -0.4 is 0 Å². The first-order chi connectivity index (χ1) is 27.4. The van der Waals surface area contributed by atoms with Gasteiger partial charge >= 0.3 is 11.9 Å². The highest BCUT2D eigenvalue weighted by molar-refractivity contribution is 5.70. The van der Waals surface area contributed by atoms with Gasteiger partial charge in [-0.05, 0) is 50.9 Å². The summed E-state index contributed by atoms with van der Waals surface area (Å²) in [6.45, 7) is 6.44. The molecule has 0 radical (unpaired) electrons. The van der Waals surface area contributed by atoms with Gasteiger partial charge in [0.2, 0.25) is 0 Å². The number of carbonyl (C=O) groups excluding carboxylic acids is 2. The van der Waals surface area contributed by atoms with E-state index in [2.05, 4.69) is 57.2 Å². The van der Waals surface area contributed by atoms with E-state index in [1.807, 2.05) is 30.4 Å². The Balaban J connectivity index is 3.55. The molecule has 0 aliphatic carbocycles. The molecule has 0 aromatic carbocycles. The Morgan fingerprint density at radius 3 is 1.46 bits per heavy atom. The summed E-state index contributed by atoms with van der Waals surface area (Å²) in [7, 11) is 0.